The van der Waals surface area contributed by atoms with Gasteiger partial charge in [-0.05, 0) is 20.8 Å². The molecule has 1 aliphatic rings. The van der Waals surface area contributed by atoms with Gasteiger partial charge in [0, 0.05) is 6.54 Å². The molecule has 1 fully saturated rings. The van der Waals surface area contributed by atoms with Crippen molar-refractivity contribution in [2.24, 2.45) is 0 Å². The van der Waals surface area contributed by atoms with E-state index >= 15 is 0 Å². The summed E-state index contributed by atoms with van der Waals surface area (Å²) in [5, 5.41) is 0. The Bertz CT molecular complexity index is 297. The molecule has 0 spiro atoms. The molecule has 1 saturated heterocycles. The molecular weight excluding hydrogens is 226 g/mol. The number of hydrogen-bond donors (Lipinski definition) is 0. The van der Waals surface area contributed by atoms with Gasteiger partial charge in [-0.1, -0.05) is 0 Å². The summed E-state index contributed by atoms with van der Waals surface area (Å²) in [6.45, 7) is 6.20. The fraction of sp³-hybridized carbons (Fsp3) is 0.818. The number of ether oxygens (including phenoxy) is 3. The first-order valence-corrected chi connectivity index (χ1v) is 5.50. The summed E-state index contributed by atoms with van der Waals surface area (Å²) in [5.74, 6) is -0.490. The van der Waals surface area contributed by atoms with Crippen molar-refractivity contribution in [1.29, 1.82) is 0 Å². The Kier molecular flexibility index (Phi) is 4.34. The van der Waals surface area contributed by atoms with Crippen LogP contribution in [0.4, 0.5) is 4.79 Å². The molecule has 0 aromatic rings. The zero-order valence-corrected chi connectivity index (χ0v) is 10.7. The highest BCUT2D eigenvalue weighted by atomic mass is 16.6. The average molecular weight is 245 g/mol. The fourth-order valence-corrected chi connectivity index (χ4v) is 1.47. The summed E-state index contributed by atoms with van der Waals surface area (Å²) in [4.78, 5) is 24.7. The minimum Gasteiger partial charge on any atom is -0.467 e. The number of hydrogen-bond acceptors (Lipinski definition) is 5. The third-order valence-electron chi connectivity index (χ3n) is 2.23. The van der Waals surface area contributed by atoms with Gasteiger partial charge in [0.05, 0.1) is 20.3 Å². The van der Waals surface area contributed by atoms with Gasteiger partial charge in [-0.25, -0.2) is 9.59 Å². The van der Waals surface area contributed by atoms with Crippen LogP contribution >= 0.6 is 0 Å². The maximum absolute atomic E-state index is 11.9. The third kappa shape index (κ3) is 3.89. The number of esters is 1. The van der Waals surface area contributed by atoms with E-state index in [4.69, 9.17) is 9.47 Å². The number of methoxy groups -OCH3 is 1. The van der Waals surface area contributed by atoms with Gasteiger partial charge in [0.25, 0.3) is 0 Å². The fourth-order valence-electron chi connectivity index (χ4n) is 1.47. The van der Waals surface area contributed by atoms with Crippen molar-refractivity contribution >= 4 is 12.1 Å². The standard InChI is InChI=1S/C11H19NO5/c1-11(2,3)17-10(14)12-5-6-16-7-8(12)9(13)15-4/h8H,5-7H2,1-4H3. The van der Waals surface area contributed by atoms with Gasteiger partial charge in [-0.15, -0.1) is 0 Å². The van der Waals surface area contributed by atoms with Crippen LogP contribution in [0.15, 0.2) is 0 Å². The maximum atomic E-state index is 11.9. The van der Waals surface area contributed by atoms with Crippen molar-refractivity contribution in [2.75, 3.05) is 26.9 Å². The Labute approximate surface area is 101 Å². The van der Waals surface area contributed by atoms with Crippen LogP contribution in [0.25, 0.3) is 0 Å². The lowest BCUT2D eigenvalue weighted by molar-refractivity contribution is -0.152. The second-order valence-electron chi connectivity index (χ2n) is 4.79. The molecule has 0 bridgehead atoms. The molecule has 0 N–H and O–H groups in total. The molecule has 1 heterocycles. The summed E-state index contributed by atoms with van der Waals surface area (Å²) in [7, 11) is 1.28. The van der Waals surface area contributed by atoms with Gasteiger partial charge in [0.2, 0.25) is 0 Å². The predicted molar refractivity (Wildman–Crippen MR) is 59.6 cm³/mol. The monoisotopic (exact) mass is 245 g/mol. The molecule has 1 aliphatic heterocycles. The molecule has 0 radical (unpaired) electrons. The van der Waals surface area contributed by atoms with Crippen LogP contribution in [0.3, 0.4) is 0 Å². The Morgan fingerprint density at radius 1 is 1.35 bits per heavy atom. The molecule has 0 saturated carbocycles. The zero-order chi connectivity index (χ0) is 13.1. The lowest BCUT2D eigenvalue weighted by Gasteiger charge is -2.34. The number of nitrogens with zero attached hydrogens (tertiary/aromatic N) is 1. The zero-order valence-electron chi connectivity index (χ0n) is 10.7. The minimum absolute atomic E-state index is 0.145. The van der Waals surface area contributed by atoms with E-state index in [1.807, 2.05) is 0 Å². The summed E-state index contributed by atoms with van der Waals surface area (Å²) >= 11 is 0. The number of carbonyl (C=O) groups is 2. The summed E-state index contributed by atoms with van der Waals surface area (Å²) in [5.41, 5.74) is -0.587. The van der Waals surface area contributed by atoms with Crippen LogP contribution in [0.2, 0.25) is 0 Å². The highest BCUT2D eigenvalue weighted by Crippen LogP contribution is 2.15. The maximum Gasteiger partial charge on any atom is 0.411 e. The molecular formula is C11H19NO5. The number of carbonyl (C=O) groups excluding carboxylic acids is 2. The first-order chi connectivity index (χ1) is 7.85. The molecule has 1 unspecified atom stereocenters. The summed E-state index contributed by atoms with van der Waals surface area (Å²) in [6.07, 6.45) is -0.517. The lowest BCUT2D eigenvalue weighted by Crippen LogP contribution is -2.54. The summed E-state index contributed by atoms with van der Waals surface area (Å²) < 4.78 is 15.0. The number of morpholine rings is 1. The molecule has 0 aromatic heterocycles. The molecule has 0 aromatic carbocycles. The van der Waals surface area contributed by atoms with Crippen molar-refractivity contribution in [3.63, 3.8) is 0 Å². The smallest absolute Gasteiger partial charge is 0.411 e. The quantitative estimate of drug-likeness (QED) is 0.639. The SMILES string of the molecule is COC(=O)C1COCCN1C(=O)OC(C)(C)C. The van der Waals surface area contributed by atoms with E-state index < -0.39 is 23.7 Å². The van der Waals surface area contributed by atoms with E-state index in [1.165, 1.54) is 12.0 Å². The molecule has 98 valence electrons. The second-order valence-corrected chi connectivity index (χ2v) is 4.79. The average Bonchev–Trinajstić information content (AvgIpc) is 2.25. The molecule has 17 heavy (non-hydrogen) atoms. The van der Waals surface area contributed by atoms with Crippen LogP contribution in [-0.4, -0.2) is 55.5 Å². The van der Waals surface area contributed by atoms with E-state index in [9.17, 15) is 9.59 Å². The summed E-state index contributed by atoms with van der Waals surface area (Å²) in [6, 6.07) is -0.719. The van der Waals surface area contributed by atoms with Crippen molar-refractivity contribution < 1.29 is 23.8 Å². The number of amides is 1. The topological polar surface area (TPSA) is 65.1 Å². The van der Waals surface area contributed by atoms with E-state index in [-0.39, 0.29) is 6.61 Å². The van der Waals surface area contributed by atoms with Gasteiger partial charge in [-0.2, -0.15) is 0 Å². The first kappa shape index (κ1) is 13.8. The van der Waals surface area contributed by atoms with E-state index in [1.54, 1.807) is 20.8 Å². The highest BCUT2D eigenvalue weighted by Gasteiger charge is 2.36. The Morgan fingerprint density at radius 2 is 2.00 bits per heavy atom. The van der Waals surface area contributed by atoms with Gasteiger partial charge in [-0.3, -0.25) is 4.90 Å². The Morgan fingerprint density at radius 3 is 2.53 bits per heavy atom. The van der Waals surface area contributed by atoms with Crippen molar-refractivity contribution in [3.05, 3.63) is 0 Å². The minimum atomic E-state index is -0.719. The van der Waals surface area contributed by atoms with Crippen molar-refractivity contribution in [2.45, 2.75) is 32.4 Å². The van der Waals surface area contributed by atoms with Crippen LogP contribution in [-0.2, 0) is 19.0 Å². The molecule has 1 rings (SSSR count). The highest BCUT2D eigenvalue weighted by molar-refractivity contribution is 5.81. The number of rotatable bonds is 1. The normalized spacial score (nSPS) is 20.9. The molecule has 0 aliphatic carbocycles. The van der Waals surface area contributed by atoms with Crippen molar-refractivity contribution in [1.82, 2.24) is 4.90 Å². The largest absolute Gasteiger partial charge is 0.467 e. The van der Waals surface area contributed by atoms with Gasteiger partial charge in [0.15, 0.2) is 6.04 Å². The first-order valence-electron chi connectivity index (χ1n) is 5.50. The van der Waals surface area contributed by atoms with Crippen LogP contribution < -0.4 is 0 Å². The third-order valence-corrected chi connectivity index (χ3v) is 2.23. The molecule has 1 atom stereocenters. The van der Waals surface area contributed by atoms with Crippen LogP contribution in [0.5, 0.6) is 0 Å². The second kappa shape index (κ2) is 5.35. The van der Waals surface area contributed by atoms with Gasteiger partial charge >= 0.3 is 12.1 Å². The van der Waals surface area contributed by atoms with Crippen LogP contribution in [0.1, 0.15) is 20.8 Å². The van der Waals surface area contributed by atoms with Crippen LogP contribution in [0, 0.1) is 0 Å². The van der Waals surface area contributed by atoms with E-state index in [0.29, 0.717) is 13.2 Å². The van der Waals surface area contributed by atoms with Gasteiger partial charge in [0.1, 0.15) is 5.60 Å². The lowest BCUT2D eigenvalue weighted by atomic mass is 10.2. The Hall–Kier alpha value is -1.30. The van der Waals surface area contributed by atoms with Crippen molar-refractivity contribution in [3.8, 4) is 0 Å². The predicted octanol–water partition coefficient (Wildman–Crippen LogP) is 0.795. The Balaban J connectivity index is 2.71. The van der Waals surface area contributed by atoms with E-state index in [0.717, 1.165) is 0 Å². The van der Waals surface area contributed by atoms with E-state index in [2.05, 4.69) is 4.74 Å². The molecule has 6 nitrogen and oxygen atoms in total. The molecule has 6 heteroatoms. The van der Waals surface area contributed by atoms with Gasteiger partial charge < -0.3 is 14.2 Å². The molecule has 1 amide bonds.